The Bertz CT molecular complexity index is 1350. The van der Waals surface area contributed by atoms with Crippen molar-refractivity contribution in [3.8, 4) is 11.3 Å². The molecular weight excluding hydrogens is 483 g/mol. The highest BCUT2D eigenvalue weighted by molar-refractivity contribution is 7.80. The molecule has 0 atom stereocenters. The molecule has 2 heterocycles. The van der Waals surface area contributed by atoms with Crippen molar-refractivity contribution < 1.29 is 14.1 Å². The SMILES string of the molecule is O=C(NC(=S)Nc1nc2ccc([N+](=O)[O-])cc2s1)c1ccc(-c2cc(Cl)ccc2Cl)o1. The van der Waals surface area contributed by atoms with Gasteiger partial charge in [-0.2, -0.15) is 0 Å². The number of carbonyl (C=O) groups excluding carboxylic acids is 1. The number of anilines is 1. The first-order valence-electron chi connectivity index (χ1n) is 8.53. The number of nitrogens with one attached hydrogen (secondary N) is 2. The molecule has 0 aliphatic heterocycles. The second-order valence-electron chi connectivity index (χ2n) is 6.12. The van der Waals surface area contributed by atoms with E-state index in [4.69, 9.17) is 39.8 Å². The summed E-state index contributed by atoms with van der Waals surface area (Å²) in [5.41, 5.74) is 1.09. The average Bonchev–Trinajstić information content (AvgIpc) is 3.35. The van der Waals surface area contributed by atoms with Crippen LogP contribution < -0.4 is 10.6 Å². The third-order valence-corrected chi connectivity index (χ3v) is 5.76. The molecule has 2 N–H and O–H groups in total. The molecule has 0 bridgehead atoms. The number of nitro groups is 1. The van der Waals surface area contributed by atoms with Crippen molar-refractivity contribution in [3.05, 3.63) is 74.5 Å². The summed E-state index contributed by atoms with van der Waals surface area (Å²) in [6.45, 7) is 0. The maximum Gasteiger partial charge on any atom is 0.293 e. The molecule has 8 nitrogen and oxygen atoms in total. The maximum absolute atomic E-state index is 12.5. The minimum Gasteiger partial charge on any atom is -0.451 e. The van der Waals surface area contributed by atoms with Gasteiger partial charge in [0.25, 0.3) is 11.6 Å². The number of aromatic nitrogens is 1. The quantitative estimate of drug-likeness (QED) is 0.207. The van der Waals surface area contributed by atoms with E-state index in [1.807, 2.05) is 0 Å². The largest absolute Gasteiger partial charge is 0.451 e. The molecule has 0 aliphatic rings. The smallest absolute Gasteiger partial charge is 0.293 e. The Labute approximate surface area is 193 Å². The molecule has 0 saturated carbocycles. The molecule has 0 aliphatic carbocycles. The molecule has 0 fully saturated rings. The highest BCUT2D eigenvalue weighted by atomic mass is 35.5. The number of hydrogen-bond acceptors (Lipinski definition) is 7. The first-order chi connectivity index (χ1) is 14.8. The lowest BCUT2D eigenvalue weighted by Gasteiger charge is -2.05. The summed E-state index contributed by atoms with van der Waals surface area (Å²) in [4.78, 5) is 27.2. The van der Waals surface area contributed by atoms with E-state index in [1.165, 1.54) is 29.5 Å². The molecule has 2 aromatic carbocycles. The number of benzene rings is 2. The van der Waals surface area contributed by atoms with E-state index in [2.05, 4.69) is 15.6 Å². The van der Waals surface area contributed by atoms with Crippen LogP contribution in [0.15, 0.2) is 52.9 Å². The highest BCUT2D eigenvalue weighted by Gasteiger charge is 2.17. The fraction of sp³-hybridized carbons (Fsp3) is 0. The first kappa shape index (κ1) is 21.2. The van der Waals surface area contributed by atoms with Gasteiger partial charge < -0.3 is 9.73 Å². The van der Waals surface area contributed by atoms with E-state index in [9.17, 15) is 14.9 Å². The average molecular weight is 493 g/mol. The normalized spacial score (nSPS) is 10.8. The van der Waals surface area contributed by atoms with Gasteiger partial charge in [-0.15, -0.1) is 0 Å². The molecule has 1 amide bonds. The minimum absolute atomic E-state index is 0.00251. The van der Waals surface area contributed by atoms with Gasteiger partial charge in [0.15, 0.2) is 16.0 Å². The Morgan fingerprint density at radius 1 is 1.16 bits per heavy atom. The number of amides is 1. The van der Waals surface area contributed by atoms with Crippen molar-refractivity contribution >= 4 is 78.8 Å². The van der Waals surface area contributed by atoms with E-state index in [0.717, 1.165) is 0 Å². The summed E-state index contributed by atoms with van der Waals surface area (Å²) in [6.07, 6.45) is 0. The molecule has 0 spiro atoms. The van der Waals surface area contributed by atoms with Gasteiger partial charge in [-0.1, -0.05) is 34.5 Å². The summed E-state index contributed by atoms with van der Waals surface area (Å²) in [5, 5.41) is 17.5. The fourth-order valence-electron chi connectivity index (χ4n) is 2.66. The minimum atomic E-state index is -0.571. The Morgan fingerprint density at radius 2 is 1.97 bits per heavy atom. The summed E-state index contributed by atoms with van der Waals surface area (Å²) in [5.74, 6) is -0.168. The van der Waals surface area contributed by atoms with Crippen LogP contribution in [0.2, 0.25) is 10.0 Å². The highest BCUT2D eigenvalue weighted by Crippen LogP contribution is 2.32. The van der Waals surface area contributed by atoms with Crippen LogP contribution in [0.4, 0.5) is 10.8 Å². The number of fused-ring (bicyclic) bond motifs is 1. The monoisotopic (exact) mass is 492 g/mol. The van der Waals surface area contributed by atoms with Crippen molar-refractivity contribution in [1.82, 2.24) is 10.3 Å². The van der Waals surface area contributed by atoms with Crippen LogP contribution in [0.1, 0.15) is 10.6 Å². The summed E-state index contributed by atoms with van der Waals surface area (Å²) >= 11 is 18.5. The van der Waals surface area contributed by atoms with Crippen LogP contribution in [-0.2, 0) is 0 Å². The molecule has 0 unspecified atom stereocenters. The van der Waals surface area contributed by atoms with Crippen LogP contribution >= 0.6 is 46.8 Å². The first-order valence-corrected chi connectivity index (χ1v) is 10.5. The molecule has 12 heteroatoms. The summed E-state index contributed by atoms with van der Waals surface area (Å²) in [7, 11) is 0. The van der Waals surface area contributed by atoms with Gasteiger partial charge in [0.05, 0.1) is 20.2 Å². The van der Waals surface area contributed by atoms with Crippen molar-refractivity contribution in [3.63, 3.8) is 0 Å². The Balaban J connectivity index is 1.45. The number of thiocarbonyl (C=S) groups is 1. The zero-order valence-corrected chi connectivity index (χ0v) is 18.4. The molecule has 31 heavy (non-hydrogen) atoms. The third kappa shape index (κ3) is 4.67. The van der Waals surface area contributed by atoms with Crippen molar-refractivity contribution in [2.75, 3.05) is 5.32 Å². The fourth-order valence-corrected chi connectivity index (χ4v) is 4.20. The Hall–Kier alpha value is -3.05. The van der Waals surface area contributed by atoms with E-state index in [0.29, 0.717) is 36.7 Å². The van der Waals surface area contributed by atoms with Crippen LogP contribution in [-0.4, -0.2) is 20.9 Å². The zero-order valence-electron chi connectivity index (χ0n) is 15.2. The number of halogens is 2. The number of furan rings is 1. The Morgan fingerprint density at radius 3 is 2.74 bits per heavy atom. The van der Waals surface area contributed by atoms with Gasteiger partial charge in [0.1, 0.15) is 5.76 Å². The van der Waals surface area contributed by atoms with E-state index in [1.54, 1.807) is 30.3 Å². The van der Waals surface area contributed by atoms with E-state index >= 15 is 0 Å². The number of nitrogens with zero attached hydrogens (tertiary/aromatic N) is 2. The van der Waals surface area contributed by atoms with Crippen molar-refractivity contribution in [2.45, 2.75) is 0 Å². The van der Waals surface area contributed by atoms with Gasteiger partial charge in [0, 0.05) is 22.7 Å². The third-order valence-electron chi connectivity index (χ3n) is 4.05. The number of thiazole rings is 1. The standard InChI is InChI=1S/C19H10Cl2N4O4S2/c20-9-1-3-12(21)11(7-9)14-5-6-15(29-14)17(26)23-18(30)24-19-22-13-4-2-10(25(27)28)8-16(13)31-19/h1-8H,(H2,22,23,24,26,30). The van der Waals surface area contributed by atoms with Gasteiger partial charge in [-0.05, 0) is 48.6 Å². The molecule has 4 rings (SSSR count). The predicted molar refractivity (Wildman–Crippen MR) is 124 cm³/mol. The topological polar surface area (TPSA) is 110 Å². The van der Waals surface area contributed by atoms with E-state index in [-0.39, 0.29) is 16.6 Å². The van der Waals surface area contributed by atoms with Gasteiger partial charge in [0.2, 0.25) is 0 Å². The number of hydrogen-bond donors (Lipinski definition) is 2. The van der Waals surface area contributed by atoms with Gasteiger partial charge in [-0.3, -0.25) is 20.2 Å². The number of rotatable bonds is 4. The zero-order chi connectivity index (χ0) is 22.1. The number of carbonyl (C=O) groups is 1. The summed E-state index contributed by atoms with van der Waals surface area (Å²) < 4.78 is 6.19. The lowest BCUT2D eigenvalue weighted by molar-refractivity contribution is -0.384. The van der Waals surface area contributed by atoms with Crippen molar-refractivity contribution in [2.24, 2.45) is 0 Å². The van der Waals surface area contributed by atoms with Gasteiger partial charge in [-0.25, -0.2) is 4.98 Å². The summed E-state index contributed by atoms with van der Waals surface area (Å²) in [6, 6.07) is 12.3. The molecule has 2 aromatic heterocycles. The van der Waals surface area contributed by atoms with Crippen LogP contribution in [0.5, 0.6) is 0 Å². The molecule has 4 aromatic rings. The lowest BCUT2D eigenvalue weighted by Crippen LogP contribution is -2.33. The lowest BCUT2D eigenvalue weighted by atomic mass is 10.2. The van der Waals surface area contributed by atoms with E-state index < -0.39 is 10.8 Å². The predicted octanol–water partition coefficient (Wildman–Crippen LogP) is 5.90. The van der Waals surface area contributed by atoms with Crippen LogP contribution in [0.3, 0.4) is 0 Å². The van der Waals surface area contributed by atoms with Crippen molar-refractivity contribution in [1.29, 1.82) is 0 Å². The molecular formula is C19H10Cl2N4O4S2. The van der Waals surface area contributed by atoms with Crippen LogP contribution in [0, 0.1) is 10.1 Å². The second kappa shape index (κ2) is 8.60. The Kier molecular flexibility index (Phi) is 5.88. The maximum atomic E-state index is 12.5. The molecule has 0 saturated heterocycles. The second-order valence-corrected chi connectivity index (χ2v) is 8.41. The van der Waals surface area contributed by atoms with Crippen LogP contribution in [0.25, 0.3) is 21.5 Å². The van der Waals surface area contributed by atoms with Gasteiger partial charge >= 0.3 is 0 Å². The molecule has 0 radical (unpaired) electrons. The number of non-ortho nitro benzene ring substituents is 1. The molecule has 156 valence electrons. The number of nitro benzene ring substituents is 1.